The first-order chi connectivity index (χ1) is 10.2. The van der Waals surface area contributed by atoms with Crippen LogP contribution >= 0.6 is 11.6 Å². The van der Waals surface area contributed by atoms with Gasteiger partial charge in [-0.1, -0.05) is 31.5 Å². The van der Waals surface area contributed by atoms with Gasteiger partial charge >= 0.3 is 0 Å². The molecule has 2 rings (SSSR count). The Bertz CT molecular complexity index is 580. The van der Waals surface area contributed by atoms with Gasteiger partial charge in [-0.15, -0.1) is 0 Å². The molecule has 1 unspecified atom stereocenters. The zero-order valence-corrected chi connectivity index (χ0v) is 13.5. The van der Waals surface area contributed by atoms with Gasteiger partial charge in [-0.25, -0.2) is 0 Å². The van der Waals surface area contributed by atoms with Crippen molar-refractivity contribution in [3.63, 3.8) is 0 Å². The van der Waals surface area contributed by atoms with E-state index >= 15 is 0 Å². The zero-order valence-electron chi connectivity index (χ0n) is 12.8. The van der Waals surface area contributed by atoms with Crippen molar-refractivity contribution >= 4 is 11.6 Å². The molecule has 1 N–H and O–H groups in total. The Labute approximate surface area is 131 Å². The maximum Gasteiger partial charge on any atom is 0.137 e. The van der Waals surface area contributed by atoms with E-state index in [-0.39, 0.29) is 6.04 Å². The number of hydrogen-bond donors (Lipinski definition) is 1. The van der Waals surface area contributed by atoms with Crippen LogP contribution in [0, 0.1) is 0 Å². The topological polar surface area (TPSA) is 34.4 Å². The lowest BCUT2D eigenvalue weighted by atomic mass is 9.98. The van der Waals surface area contributed by atoms with Gasteiger partial charge in [0, 0.05) is 12.0 Å². The molecule has 0 bridgehead atoms. The average Bonchev–Trinajstić information content (AvgIpc) is 2.96. The second kappa shape index (κ2) is 7.53. The summed E-state index contributed by atoms with van der Waals surface area (Å²) in [5.41, 5.74) is 2.29. The van der Waals surface area contributed by atoms with E-state index in [9.17, 15) is 0 Å². The molecule has 0 spiro atoms. The van der Waals surface area contributed by atoms with Crippen molar-refractivity contribution < 1.29 is 9.15 Å². The van der Waals surface area contributed by atoms with Gasteiger partial charge < -0.3 is 14.5 Å². The SMILES string of the molecule is CCCNC(c1ccc(OC)c(Cl)c1)c1ccoc1CC. The molecule has 0 aliphatic heterocycles. The fourth-order valence-corrected chi connectivity index (χ4v) is 2.72. The van der Waals surface area contributed by atoms with Crippen molar-refractivity contribution in [1.82, 2.24) is 5.32 Å². The molecule has 0 saturated carbocycles. The number of rotatable bonds is 7. The van der Waals surface area contributed by atoms with Gasteiger partial charge in [0.1, 0.15) is 11.5 Å². The molecule has 4 heteroatoms. The molecule has 2 aromatic rings. The summed E-state index contributed by atoms with van der Waals surface area (Å²) in [7, 11) is 1.62. The van der Waals surface area contributed by atoms with Gasteiger partial charge in [-0.05, 0) is 36.7 Å². The van der Waals surface area contributed by atoms with Crippen molar-refractivity contribution in [2.75, 3.05) is 13.7 Å². The van der Waals surface area contributed by atoms with Gasteiger partial charge in [-0.3, -0.25) is 0 Å². The van der Waals surface area contributed by atoms with Crippen molar-refractivity contribution in [1.29, 1.82) is 0 Å². The minimum Gasteiger partial charge on any atom is -0.495 e. The standard InChI is InChI=1S/C17H22ClNO2/c1-4-9-19-17(13-8-10-21-15(13)5-2)12-6-7-16(20-3)14(18)11-12/h6-8,10-11,17,19H,4-5,9H2,1-3H3. The first kappa shape index (κ1) is 15.9. The average molecular weight is 308 g/mol. The molecule has 114 valence electrons. The number of benzene rings is 1. The summed E-state index contributed by atoms with van der Waals surface area (Å²) >= 11 is 6.27. The Kier molecular flexibility index (Phi) is 5.71. The summed E-state index contributed by atoms with van der Waals surface area (Å²) in [5.74, 6) is 1.70. The van der Waals surface area contributed by atoms with Crippen molar-refractivity contribution in [2.45, 2.75) is 32.7 Å². The third kappa shape index (κ3) is 3.60. The lowest BCUT2D eigenvalue weighted by Crippen LogP contribution is -2.23. The smallest absolute Gasteiger partial charge is 0.137 e. The summed E-state index contributed by atoms with van der Waals surface area (Å²) in [5, 5.41) is 4.19. The predicted octanol–water partition coefficient (Wildman–Crippen LogP) is 4.59. The van der Waals surface area contributed by atoms with E-state index in [1.165, 1.54) is 5.56 Å². The highest BCUT2D eigenvalue weighted by molar-refractivity contribution is 6.32. The Morgan fingerprint density at radius 3 is 2.71 bits per heavy atom. The van der Waals surface area contributed by atoms with Gasteiger partial charge in [-0.2, -0.15) is 0 Å². The summed E-state index contributed by atoms with van der Waals surface area (Å²) < 4.78 is 10.8. The number of furan rings is 1. The maximum absolute atomic E-state index is 6.27. The molecule has 0 radical (unpaired) electrons. The Hall–Kier alpha value is -1.45. The van der Waals surface area contributed by atoms with E-state index in [0.29, 0.717) is 10.8 Å². The quantitative estimate of drug-likeness (QED) is 0.812. The molecule has 3 nitrogen and oxygen atoms in total. The van der Waals surface area contributed by atoms with Crippen LogP contribution in [0.2, 0.25) is 5.02 Å². The summed E-state index contributed by atoms with van der Waals surface area (Å²) in [6.07, 6.45) is 3.69. The van der Waals surface area contributed by atoms with E-state index in [1.54, 1.807) is 13.4 Å². The minimum atomic E-state index is 0.0852. The van der Waals surface area contributed by atoms with Crippen LogP contribution in [-0.4, -0.2) is 13.7 Å². The number of methoxy groups -OCH3 is 1. The Morgan fingerprint density at radius 1 is 1.29 bits per heavy atom. The first-order valence-corrected chi connectivity index (χ1v) is 7.72. The van der Waals surface area contributed by atoms with E-state index in [1.807, 2.05) is 24.3 Å². The number of aryl methyl sites for hydroxylation is 1. The lowest BCUT2D eigenvalue weighted by Gasteiger charge is -2.20. The molecular formula is C17H22ClNO2. The van der Waals surface area contributed by atoms with Gasteiger partial charge in [0.15, 0.2) is 0 Å². The fourth-order valence-electron chi connectivity index (χ4n) is 2.45. The Balaban J connectivity index is 2.38. The molecule has 21 heavy (non-hydrogen) atoms. The summed E-state index contributed by atoms with van der Waals surface area (Å²) in [6, 6.07) is 8.03. The molecule has 0 aliphatic carbocycles. The molecule has 1 aromatic carbocycles. The monoisotopic (exact) mass is 307 g/mol. The number of ether oxygens (including phenoxy) is 1. The van der Waals surface area contributed by atoms with Crippen LogP contribution in [0.4, 0.5) is 0 Å². The van der Waals surface area contributed by atoms with E-state index in [2.05, 4.69) is 19.2 Å². The molecular weight excluding hydrogens is 286 g/mol. The fraction of sp³-hybridized carbons (Fsp3) is 0.412. The second-order valence-corrected chi connectivity index (χ2v) is 5.34. The van der Waals surface area contributed by atoms with Gasteiger partial charge in [0.25, 0.3) is 0 Å². The molecule has 0 fully saturated rings. The minimum absolute atomic E-state index is 0.0852. The first-order valence-electron chi connectivity index (χ1n) is 7.34. The normalized spacial score (nSPS) is 12.4. The highest BCUT2D eigenvalue weighted by atomic mass is 35.5. The predicted molar refractivity (Wildman–Crippen MR) is 86.2 cm³/mol. The maximum atomic E-state index is 6.27. The summed E-state index contributed by atoms with van der Waals surface area (Å²) in [4.78, 5) is 0. The molecule has 0 amide bonds. The molecule has 0 aliphatic rings. The highest BCUT2D eigenvalue weighted by Crippen LogP contribution is 2.32. The van der Waals surface area contributed by atoms with Crippen LogP contribution < -0.4 is 10.1 Å². The van der Waals surface area contributed by atoms with Gasteiger partial charge in [0.05, 0.1) is 24.4 Å². The van der Waals surface area contributed by atoms with Crippen LogP contribution in [0.1, 0.15) is 43.2 Å². The van der Waals surface area contributed by atoms with E-state index in [0.717, 1.165) is 30.7 Å². The lowest BCUT2D eigenvalue weighted by molar-refractivity contribution is 0.414. The van der Waals surface area contributed by atoms with Crippen LogP contribution in [-0.2, 0) is 6.42 Å². The number of hydrogen-bond acceptors (Lipinski definition) is 3. The zero-order chi connectivity index (χ0) is 15.2. The van der Waals surface area contributed by atoms with E-state index < -0.39 is 0 Å². The third-order valence-corrected chi connectivity index (χ3v) is 3.82. The molecule has 1 atom stereocenters. The van der Waals surface area contributed by atoms with Crippen LogP contribution in [0.15, 0.2) is 34.9 Å². The molecule has 0 saturated heterocycles. The van der Waals surface area contributed by atoms with Crippen LogP contribution in [0.3, 0.4) is 0 Å². The Morgan fingerprint density at radius 2 is 2.10 bits per heavy atom. The summed E-state index contributed by atoms with van der Waals surface area (Å²) in [6.45, 7) is 5.18. The third-order valence-electron chi connectivity index (χ3n) is 3.52. The van der Waals surface area contributed by atoms with E-state index in [4.69, 9.17) is 20.8 Å². The van der Waals surface area contributed by atoms with Crippen LogP contribution in [0.25, 0.3) is 0 Å². The van der Waals surface area contributed by atoms with Gasteiger partial charge in [0.2, 0.25) is 0 Å². The van der Waals surface area contributed by atoms with Crippen molar-refractivity contribution in [2.24, 2.45) is 0 Å². The second-order valence-electron chi connectivity index (χ2n) is 4.93. The van der Waals surface area contributed by atoms with Crippen LogP contribution in [0.5, 0.6) is 5.75 Å². The highest BCUT2D eigenvalue weighted by Gasteiger charge is 2.19. The number of nitrogens with one attached hydrogen (secondary N) is 1. The molecule has 1 heterocycles. The largest absolute Gasteiger partial charge is 0.495 e. The van der Waals surface area contributed by atoms with Crippen molar-refractivity contribution in [3.05, 3.63) is 52.4 Å². The number of halogens is 1. The van der Waals surface area contributed by atoms with Crippen molar-refractivity contribution in [3.8, 4) is 5.75 Å². The molecule has 1 aromatic heterocycles.